The maximum absolute atomic E-state index is 13.1. The molecule has 4 N–H and O–H groups in total. The molecular formula is C23H22N4O2. The largest absolute Gasteiger partial charge is 0.366 e. The number of anilines is 1. The predicted octanol–water partition coefficient (Wildman–Crippen LogP) is 2.31. The van der Waals surface area contributed by atoms with E-state index in [1.807, 2.05) is 48.5 Å². The number of amides is 2. The van der Waals surface area contributed by atoms with E-state index >= 15 is 0 Å². The van der Waals surface area contributed by atoms with Crippen LogP contribution in [-0.2, 0) is 17.6 Å². The third-order valence-corrected chi connectivity index (χ3v) is 5.26. The molecule has 0 radical (unpaired) electrons. The third kappa shape index (κ3) is 3.75. The van der Waals surface area contributed by atoms with Gasteiger partial charge in [0.1, 0.15) is 0 Å². The number of hydrogen-bond donors (Lipinski definition) is 2. The first kappa shape index (κ1) is 18.8. The van der Waals surface area contributed by atoms with Gasteiger partial charge in [0.05, 0.1) is 6.04 Å². The molecule has 2 amide bonds. The molecule has 29 heavy (non-hydrogen) atoms. The minimum Gasteiger partial charge on any atom is -0.366 e. The number of carbonyl (C=O) groups is 2. The van der Waals surface area contributed by atoms with Gasteiger partial charge in [-0.2, -0.15) is 0 Å². The van der Waals surface area contributed by atoms with Crippen molar-refractivity contribution >= 4 is 17.5 Å². The summed E-state index contributed by atoms with van der Waals surface area (Å²) in [5.41, 5.74) is 16.6. The third-order valence-electron chi connectivity index (χ3n) is 5.26. The van der Waals surface area contributed by atoms with E-state index < -0.39 is 11.9 Å². The fraction of sp³-hybridized carbons (Fsp3) is 0.174. The van der Waals surface area contributed by atoms with Gasteiger partial charge in [-0.3, -0.25) is 14.6 Å². The minimum absolute atomic E-state index is 0.157. The van der Waals surface area contributed by atoms with E-state index in [2.05, 4.69) is 4.98 Å². The molecule has 0 fully saturated rings. The van der Waals surface area contributed by atoms with E-state index in [4.69, 9.17) is 11.5 Å². The lowest BCUT2D eigenvalue weighted by atomic mass is 9.97. The molecule has 6 heteroatoms. The first-order valence-corrected chi connectivity index (χ1v) is 9.52. The van der Waals surface area contributed by atoms with Crippen molar-refractivity contribution in [2.24, 2.45) is 11.5 Å². The van der Waals surface area contributed by atoms with Gasteiger partial charge in [-0.15, -0.1) is 0 Å². The Morgan fingerprint density at radius 1 is 1.03 bits per heavy atom. The van der Waals surface area contributed by atoms with E-state index in [9.17, 15) is 9.59 Å². The quantitative estimate of drug-likeness (QED) is 0.702. The topological polar surface area (TPSA) is 102 Å². The Morgan fingerprint density at radius 2 is 1.76 bits per heavy atom. The van der Waals surface area contributed by atoms with Crippen LogP contribution in [0.15, 0.2) is 67.0 Å². The van der Waals surface area contributed by atoms with Crippen LogP contribution in [0.1, 0.15) is 21.5 Å². The van der Waals surface area contributed by atoms with Crippen molar-refractivity contribution in [2.45, 2.75) is 18.9 Å². The molecule has 0 spiro atoms. The van der Waals surface area contributed by atoms with Gasteiger partial charge in [-0.25, -0.2) is 0 Å². The van der Waals surface area contributed by atoms with E-state index in [-0.39, 0.29) is 5.91 Å². The summed E-state index contributed by atoms with van der Waals surface area (Å²) in [6.07, 6.45) is 4.41. The van der Waals surface area contributed by atoms with Crippen molar-refractivity contribution in [1.82, 2.24) is 4.98 Å². The van der Waals surface area contributed by atoms with Crippen molar-refractivity contribution in [3.63, 3.8) is 0 Å². The summed E-state index contributed by atoms with van der Waals surface area (Å²) in [5.74, 6) is -0.657. The van der Waals surface area contributed by atoms with Crippen LogP contribution < -0.4 is 16.4 Å². The Kier molecular flexibility index (Phi) is 5.10. The maximum atomic E-state index is 13.1. The molecule has 4 rings (SSSR count). The molecule has 0 aliphatic carbocycles. The molecular weight excluding hydrogens is 364 g/mol. The zero-order valence-corrected chi connectivity index (χ0v) is 15.9. The normalized spacial score (nSPS) is 13.8. The molecule has 1 atom stereocenters. The van der Waals surface area contributed by atoms with Crippen LogP contribution in [0.4, 0.5) is 5.69 Å². The molecule has 0 saturated carbocycles. The summed E-state index contributed by atoms with van der Waals surface area (Å²) in [6, 6.07) is 16.5. The van der Waals surface area contributed by atoms with Crippen molar-refractivity contribution in [1.29, 1.82) is 0 Å². The van der Waals surface area contributed by atoms with E-state index in [1.54, 1.807) is 23.4 Å². The summed E-state index contributed by atoms with van der Waals surface area (Å²) >= 11 is 0. The SMILES string of the molecule is NC(=O)c1cc(-c2ccncc2)cc2c1CCN2C(=O)[C@@H](N)Cc1ccccc1. The number of carbonyl (C=O) groups excluding carboxylic acids is 2. The first-order valence-electron chi connectivity index (χ1n) is 9.52. The van der Waals surface area contributed by atoms with Gasteiger partial charge in [-0.1, -0.05) is 30.3 Å². The second-order valence-corrected chi connectivity index (χ2v) is 7.16. The number of aromatic nitrogens is 1. The van der Waals surface area contributed by atoms with Gasteiger partial charge in [0.15, 0.2) is 0 Å². The number of nitrogens with zero attached hydrogens (tertiary/aromatic N) is 2. The summed E-state index contributed by atoms with van der Waals surface area (Å²) < 4.78 is 0. The Bertz CT molecular complexity index is 1050. The average Bonchev–Trinajstić information content (AvgIpc) is 3.17. The standard InChI is InChI=1S/C23H22N4O2/c24-20(12-15-4-2-1-3-5-15)23(29)27-11-8-18-19(22(25)28)13-17(14-21(18)27)16-6-9-26-10-7-16/h1-7,9-10,13-14,20H,8,11-12,24H2,(H2,25,28)/t20-/m0/s1. The van der Waals surface area contributed by atoms with Crippen LogP contribution >= 0.6 is 0 Å². The van der Waals surface area contributed by atoms with Gasteiger partial charge in [0.2, 0.25) is 11.8 Å². The lowest BCUT2D eigenvalue weighted by Gasteiger charge is -2.22. The fourth-order valence-corrected chi connectivity index (χ4v) is 3.82. The van der Waals surface area contributed by atoms with Crippen LogP contribution in [-0.4, -0.2) is 29.4 Å². The lowest BCUT2D eigenvalue weighted by Crippen LogP contribution is -2.44. The zero-order chi connectivity index (χ0) is 20.4. The van der Waals surface area contributed by atoms with Crippen molar-refractivity contribution in [3.05, 3.63) is 83.7 Å². The molecule has 1 aliphatic heterocycles. The Hall–Kier alpha value is -3.51. The molecule has 6 nitrogen and oxygen atoms in total. The first-order chi connectivity index (χ1) is 14.0. The van der Waals surface area contributed by atoms with E-state index in [0.717, 1.165) is 22.3 Å². The van der Waals surface area contributed by atoms with Crippen LogP contribution in [0.25, 0.3) is 11.1 Å². The summed E-state index contributed by atoms with van der Waals surface area (Å²) in [7, 11) is 0. The number of hydrogen-bond acceptors (Lipinski definition) is 4. The van der Waals surface area contributed by atoms with Crippen LogP contribution in [0.3, 0.4) is 0 Å². The highest BCUT2D eigenvalue weighted by molar-refractivity contribution is 6.04. The molecule has 0 unspecified atom stereocenters. The predicted molar refractivity (Wildman–Crippen MR) is 112 cm³/mol. The summed E-state index contributed by atoms with van der Waals surface area (Å²) in [4.78, 5) is 30.9. The second-order valence-electron chi connectivity index (χ2n) is 7.16. The minimum atomic E-state index is -0.662. The number of rotatable bonds is 5. The second kappa shape index (κ2) is 7.85. The molecule has 2 heterocycles. The maximum Gasteiger partial charge on any atom is 0.249 e. The Balaban J connectivity index is 1.69. The Morgan fingerprint density at radius 3 is 2.45 bits per heavy atom. The van der Waals surface area contributed by atoms with Gasteiger partial charge < -0.3 is 16.4 Å². The van der Waals surface area contributed by atoms with Gasteiger partial charge in [-0.05, 0) is 59.4 Å². The van der Waals surface area contributed by atoms with Crippen molar-refractivity contribution in [3.8, 4) is 11.1 Å². The number of pyridine rings is 1. The molecule has 2 aromatic carbocycles. The van der Waals surface area contributed by atoms with Gasteiger partial charge >= 0.3 is 0 Å². The number of primary amides is 1. The van der Waals surface area contributed by atoms with Crippen molar-refractivity contribution in [2.75, 3.05) is 11.4 Å². The molecule has 0 saturated heterocycles. The highest BCUT2D eigenvalue weighted by atomic mass is 16.2. The monoisotopic (exact) mass is 386 g/mol. The number of fused-ring (bicyclic) bond motifs is 1. The van der Waals surface area contributed by atoms with Crippen LogP contribution in [0.2, 0.25) is 0 Å². The van der Waals surface area contributed by atoms with Gasteiger partial charge in [0, 0.05) is 30.2 Å². The highest BCUT2D eigenvalue weighted by Crippen LogP contribution is 2.36. The highest BCUT2D eigenvalue weighted by Gasteiger charge is 2.31. The smallest absolute Gasteiger partial charge is 0.249 e. The number of benzene rings is 2. The molecule has 1 aromatic heterocycles. The summed E-state index contributed by atoms with van der Waals surface area (Å²) in [5, 5.41) is 0. The van der Waals surface area contributed by atoms with Crippen LogP contribution in [0.5, 0.6) is 0 Å². The molecule has 1 aliphatic rings. The molecule has 3 aromatic rings. The lowest BCUT2D eigenvalue weighted by molar-refractivity contribution is -0.119. The summed E-state index contributed by atoms with van der Waals surface area (Å²) in [6.45, 7) is 0.483. The zero-order valence-electron chi connectivity index (χ0n) is 15.9. The fourth-order valence-electron chi connectivity index (χ4n) is 3.82. The van der Waals surface area contributed by atoms with Crippen molar-refractivity contribution < 1.29 is 9.59 Å². The average molecular weight is 386 g/mol. The molecule has 0 bridgehead atoms. The molecule has 146 valence electrons. The van der Waals surface area contributed by atoms with E-state index in [0.29, 0.717) is 30.6 Å². The van der Waals surface area contributed by atoms with Crippen LogP contribution in [0, 0.1) is 0 Å². The van der Waals surface area contributed by atoms with Gasteiger partial charge in [0.25, 0.3) is 0 Å². The number of nitrogens with two attached hydrogens (primary N) is 2. The van der Waals surface area contributed by atoms with E-state index in [1.165, 1.54) is 0 Å². The Labute approximate surface area is 169 Å².